The van der Waals surface area contributed by atoms with Crippen LogP contribution >= 0.6 is 0 Å². The summed E-state index contributed by atoms with van der Waals surface area (Å²) in [6, 6.07) is 0. The highest BCUT2D eigenvalue weighted by Gasteiger charge is 1.90. The van der Waals surface area contributed by atoms with E-state index in [-0.39, 0.29) is 0 Å². The zero-order valence-electron chi connectivity index (χ0n) is 7.22. The van der Waals surface area contributed by atoms with Crippen molar-refractivity contribution in [3.8, 4) is 0 Å². The van der Waals surface area contributed by atoms with Gasteiger partial charge in [-0.1, -0.05) is 12.2 Å². The molecule has 1 N–H and O–H groups in total. The van der Waals surface area contributed by atoms with Gasteiger partial charge in [0.1, 0.15) is 0 Å². The lowest BCUT2D eigenvalue weighted by Crippen LogP contribution is -2.27. The SMILES string of the molecule is CC=CCN(C)CCNC. The van der Waals surface area contributed by atoms with Crippen molar-refractivity contribution >= 4 is 0 Å². The molecule has 0 aromatic carbocycles. The molecule has 2 heteroatoms. The van der Waals surface area contributed by atoms with Crippen LogP contribution in [0.15, 0.2) is 12.2 Å². The van der Waals surface area contributed by atoms with E-state index in [1.165, 1.54) is 0 Å². The van der Waals surface area contributed by atoms with E-state index >= 15 is 0 Å². The summed E-state index contributed by atoms with van der Waals surface area (Å²) in [4.78, 5) is 2.27. The Labute approximate surface area is 63.9 Å². The molecule has 0 aliphatic heterocycles. The lowest BCUT2D eigenvalue weighted by atomic mass is 10.4. The van der Waals surface area contributed by atoms with Crippen LogP contribution in [0, 0.1) is 0 Å². The summed E-state index contributed by atoms with van der Waals surface area (Å²) in [5.74, 6) is 0. The Hall–Kier alpha value is -0.340. The van der Waals surface area contributed by atoms with E-state index in [0.717, 1.165) is 19.6 Å². The Balaban J connectivity index is 3.16. The first-order valence-electron chi connectivity index (χ1n) is 3.75. The maximum Gasteiger partial charge on any atom is 0.0160 e. The molecule has 0 aliphatic carbocycles. The molecule has 0 saturated carbocycles. The third kappa shape index (κ3) is 5.79. The molecule has 0 heterocycles. The van der Waals surface area contributed by atoms with E-state index < -0.39 is 0 Å². The standard InChI is InChI=1S/C8H18N2/c1-4-5-7-10(3)8-6-9-2/h4-5,9H,6-8H2,1-3H3. The summed E-state index contributed by atoms with van der Waals surface area (Å²) in [5.41, 5.74) is 0. The molecule has 0 bridgehead atoms. The van der Waals surface area contributed by atoms with Crippen molar-refractivity contribution in [2.75, 3.05) is 33.7 Å². The average Bonchev–Trinajstić information content (AvgIpc) is 1.97. The molecule has 10 heavy (non-hydrogen) atoms. The molecule has 0 unspecified atom stereocenters. The van der Waals surface area contributed by atoms with Crippen molar-refractivity contribution in [1.82, 2.24) is 10.2 Å². The summed E-state index contributed by atoms with van der Waals surface area (Å²) in [7, 11) is 4.10. The molecule has 0 saturated heterocycles. The second-order valence-corrected chi connectivity index (χ2v) is 2.43. The Morgan fingerprint density at radius 3 is 2.70 bits per heavy atom. The van der Waals surface area contributed by atoms with E-state index in [4.69, 9.17) is 0 Å². The Morgan fingerprint density at radius 2 is 2.20 bits per heavy atom. The van der Waals surface area contributed by atoms with Gasteiger partial charge < -0.3 is 10.2 Å². The molecule has 0 aliphatic rings. The zero-order valence-corrected chi connectivity index (χ0v) is 7.22. The van der Waals surface area contributed by atoms with Crippen LogP contribution in [0.25, 0.3) is 0 Å². The van der Waals surface area contributed by atoms with Crippen LogP contribution in [0.5, 0.6) is 0 Å². The number of nitrogens with one attached hydrogen (secondary N) is 1. The van der Waals surface area contributed by atoms with Crippen molar-refractivity contribution < 1.29 is 0 Å². The minimum atomic E-state index is 1.05. The van der Waals surface area contributed by atoms with Gasteiger partial charge in [0.15, 0.2) is 0 Å². The van der Waals surface area contributed by atoms with Gasteiger partial charge in [-0.3, -0.25) is 0 Å². The number of likely N-dealkylation sites (N-methyl/N-ethyl adjacent to an activating group) is 2. The van der Waals surface area contributed by atoms with Crippen LogP contribution in [0.3, 0.4) is 0 Å². The fourth-order valence-corrected chi connectivity index (χ4v) is 0.679. The first-order chi connectivity index (χ1) is 4.81. The monoisotopic (exact) mass is 142 g/mol. The van der Waals surface area contributed by atoms with Gasteiger partial charge in [0.05, 0.1) is 0 Å². The topological polar surface area (TPSA) is 15.3 Å². The summed E-state index contributed by atoms with van der Waals surface area (Å²) in [6.45, 7) is 5.28. The second kappa shape index (κ2) is 6.78. The molecular formula is C8H18N2. The number of hydrogen-bond acceptors (Lipinski definition) is 2. The molecule has 0 aromatic heterocycles. The molecule has 0 rings (SSSR count). The highest BCUT2D eigenvalue weighted by molar-refractivity contribution is 4.79. The predicted molar refractivity (Wildman–Crippen MR) is 46.2 cm³/mol. The van der Waals surface area contributed by atoms with Crippen molar-refractivity contribution in [2.45, 2.75) is 6.92 Å². The maximum absolute atomic E-state index is 3.11. The quantitative estimate of drug-likeness (QED) is 0.569. The van der Waals surface area contributed by atoms with E-state index in [1.54, 1.807) is 0 Å². The minimum Gasteiger partial charge on any atom is -0.318 e. The van der Waals surface area contributed by atoms with Crippen molar-refractivity contribution in [3.05, 3.63) is 12.2 Å². The molecule has 2 nitrogen and oxygen atoms in total. The average molecular weight is 142 g/mol. The van der Waals surface area contributed by atoms with Gasteiger partial charge in [-0.2, -0.15) is 0 Å². The van der Waals surface area contributed by atoms with Gasteiger partial charge in [-0.15, -0.1) is 0 Å². The summed E-state index contributed by atoms with van der Waals surface area (Å²) >= 11 is 0. The third-order valence-corrected chi connectivity index (χ3v) is 1.40. The Bertz CT molecular complexity index is 89.3. The first kappa shape index (κ1) is 9.66. The van der Waals surface area contributed by atoms with Gasteiger partial charge in [-0.05, 0) is 21.0 Å². The van der Waals surface area contributed by atoms with Gasteiger partial charge in [0, 0.05) is 19.6 Å². The lowest BCUT2D eigenvalue weighted by Gasteiger charge is -2.12. The summed E-state index contributed by atoms with van der Waals surface area (Å²) in [6.07, 6.45) is 4.24. The number of hydrogen-bond donors (Lipinski definition) is 1. The smallest absolute Gasteiger partial charge is 0.0160 e. The second-order valence-electron chi connectivity index (χ2n) is 2.43. The van der Waals surface area contributed by atoms with E-state index in [9.17, 15) is 0 Å². The number of nitrogens with zero attached hydrogens (tertiary/aromatic N) is 1. The molecule has 0 fully saturated rings. The largest absolute Gasteiger partial charge is 0.318 e. The van der Waals surface area contributed by atoms with Gasteiger partial charge in [-0.25, -0.2) is 0 Å². The normalized spacial score (nSPS) is 11.6. The van der Waals surface area contributed by atoms with Crippen LogP contribution in [0.1, 0.15) is 6.92 Å². The summed E-state index contributed by atoms with van der Waals surface area (Å²) < 4.78 is 0. The maximum atomic E-state index is 3.11. The van der Waals surface area contributed by atoms with Crippen LogP contribution in [-0.2, 0) is 0 Å². The Morgan fingerprint density at radius 1 is 1.50 bits per heavy atom. The number of rotatable bonds is 5. The van der Waals surface area contributed by atoms with Crippen molar-refractivity contribution in [2.24, 2.45) is 0 Å². The molecule has 0 aromatic rings. The Kier molecular flexibility index (Phi) is 6.55. The molecule has 0 spiro atoms. The molecule has 60 valence electrons. The van der Waals surface area contributed by atoms with Crippen LogP contribution in [-0.4, -0.2) is 38.6 Å². The molecule has 0 amide bonds. The number of allylic oxidation sites excluding steroid dienone is 1. The van der Waals surface area contributed by atoms with Crippen molar-refractivity contribution in [3.63, 3.8) is 0 Å². The predicted octanol–water partition coefficient (Wildman–Crippen LogP) is 0.714. The van der Waals surface area contributed by atoms with Crippen LogP contribution in [0.2, 0.25) is 0 Å². The molecule has 0 atom stereocenters. The van der Waals surface area contributed by atoms with Crippen molar-refractivity contribution in [1.29, 1.82) is 0 Å². The van der Waals surface area contributed by atoms with Crippen LogP contribution in [0.4, 0.5) is 0 Å². The van der Waals surface area contributed by atoms with E-state index in [0.29, 0.717) is 0 Å². The fourth-order valence-electron chi connectivity index (χ4n) is 0.679. The van der Waals surface area contributed by atoms with E-state index in [2.05, 4.69) is 29.4 Å². The highest BCUT2D eigenvalue weighted by atomic mass is 15.1. The zero-order chi connectivity index (χ0) is 7.82. The molecule has 0 radical (unpaired) electrons. The minimum absolute atomic E-state index is 1.05. The van der Waals surface area contributed by atoms with Crippen LogP contribution < -0.4 is 5.32 Å². The fraction of sp³-hybridized carbons (Fsp3) is 0.750. The first-order valence-corrected chi connectivity index (χ1v) is 3.75. The van der Waals surface area contributed by atoms with E-state index in [1.807, 2.05) is 14.0 Å². The highest BCUT2D eigenvalue weighted by Crippen LogP contribution is 1.81. The lowest BCUT2D eigenvalue weighted by molar-refractivity contribution is 0.370. The van der Waals surface area contributed by atoms with Gasteiger partial charge in [0.2, 0.25) is 0 Å². The molecular weight excluding hydrogens is 124 g/mol. The summed E-state index contributed by atoms with van der Waals surface area (Å²) in [5, 5.41) is 3.11. The van der Waals surface area contributed by atoms with Gasteiger partial charge >= 0.3 is 0 Å². The third-order valence-electron chi connectivity index (χ3n) is 1.40. The van der Waals surface area contributed by atoms with Gasteiger partial charge in [0.25, 0.3) is 0 Å².